The lowest BCUT2D eigenvalue weighted by Gasteiger charge is -2.17. The minimum Gasteiger partial charge on any atom is -0.443 e. The van der Waals surface area contributed by atoms with Gasteiger partial charge in [0.1, 0.15) is 5.01 Å². The maximum absolute atomic E-state index is 12.7. The largest absolute Gasteiger partial charge is 0.443 e. The van der Waals surface area contributed by atoms with Crippen LogP contribution in [0.25, 0.3) is 10.6 Å². The topological polar surface area (TPSA) is 68.3 Å². The molecule has 3 aromatic rings. The molecule has 28 heavy (non-hydrogen) atoms. The van der Waals surface area contributed by atoms with Crippen LogP contribution < -0.4 is 5.32 Å². The van der Waals surface area contributed by atoms with Crippen molar-refractivity contribution in [2.45, 2.75) is 25.0 Å². The van der Waals surface area contributed by atoms with Gasteiger partial charge in [0.25, 0.3) is 5.91 Å². The maximum Gasteiger partial charge on any atom is 0.358 e. The van der Waals surface area contributed by atoms with Gasteiger partial charge in [0.15, 0.2) is 5.69 Å². The number of thiazole rings is 1. The van der Waals surface area contributed by atoms with E-state index in [0.717, 1.165) is 18.4 Å². The van der Waals surface area contributed by atoms with E-state index in [1.165, 1.54) is 11.3 Å². The van der Waals surface area contributed by atoms with E-state index in [-0.39, 0.29) is 17.6 Å². The van der Waals surface area contributed by atoms with Gasteiger partial charge in [-0.25, -0.2) is 9.78 Å². The number of benzene rings is 2. The van der Waals surface area contributed by atoms with Crippen molar-refractivity contribution in [2.75, 3.05) is 0 Å². The number of carbonyl (C=O) groups is 2. The van der Waals surface area contributed by atoms with Crippen LogP contribution in [0.15, 0.2) is 60.0 Å². The lowest BCUT2D eigenvalue weighted by atomic mass is 10.1. The average Bonchev–Trinajstić information content (AvgIpc) is 3.37. The molecule has 1 aliphatic carbocycles. The number of esters is 1. The normalized spacial score (nSPS) is 14.3. The number of halogens is 1. The van der Waals surface area contributed by atoms with Gasteiger partial charge in [-0.1, -0.05) is 54.1 Å². The fraction of sp³-hybridized carbons (Fsp3) is 0.190. The van der Waals surface area contributed by atoms with Crippen molar-refractivity contribution in [2.24, 2.45) is 0 Å². The number of nitrogens with zero attached hydrogens (tertiary/aromatic N) is 1. The third kappa shape index (κ3) is 4.40. The van der Waals surface area contributed by atoms with Crippen LogP contribution in [-0.2, 0) is 9.53 Å². The van der Waals surface area contributed by atoms with Crippen molar-refractivity contribution in [3.05, 3.63) is 76.3 Å². The quantitative estimate of drug-likeness (QED) is 0.599. The van der Waals surface area contributed by atoms with Crippen molar-refractivity contribution in [3.63, 3.8) is 0 Å². The monoisotopic (exact) mass is 412 g/mol. The molecule has 0 unspecified atom stereocenters. The highest BCUT2D eigenvalue weighted by atomic mass is 35.5. The maximum atomic E-state index is 12.7. The first-order valence-electron chi connectivity index (χ1n) is 8.88. The van der Waals surface area contributed by atoms with Gasteiger partial charge < -0.3 is 10.1 Å². The summed E-state index contributed by atoms with van der Waals surface area (Å²) in [6, 6.07) is 16.4. The summed E-state index contributed by atoms with van der Waals surface area (Å²) < 4.78 is 5.55. The third-order valence-corrected chi connectivity index (χ3v) is 5.40. The Kier molecular flexibility index (Phi) is 5.41. The lowest BCUT2D eigenvalue weighted by Crippen LogP contribution is -2.33. The number of ether oxygens (including phenoxy) is 1. The summed E-state index contributed by atoms with van der Waals surface area (Å²) in [6.45, 7) is 0. The molecule has 0 saturated heterocycles. The van der Waals surface area contributed by atoms with Gasteiger partial charge in [0, 0.05) is 27.6 Å². The lowest BCUT2D eigenvalue weighted by molar-refractivity contribution is -0.130. The number of rotatable bonds is 6. The Labute approximate surface area is 171 Å². The minimum absolute atomic E-state index is 0.167. The summed E-state index contributed by atoms with van der Waals surface area (Å²) in [7, 11) is 0. The predicted octanol–water partition coefficient (Wildman–Crippen LogP) is 4.64. The van der Waals surface area contributed by atoms with Gasteiger partial charge in [-0.3, -0.25) is 4.79 Å². The summed E-state index contributed by atoms with van der Waals surface area (Å²) in [5, 5.41) is 5.78. The summed E-state index contributed by atoms with van der Waals surface area (Å²) in [6.07, 6.45) is 0.901. The molecule has 1 saturated carbocycles. The number of aromatic nitrogens is 1. The van der Waals surface area contributed by atoms with Gasteiger partial charge in [0.2, 0.25) is 6.10 Å². The number of carbonyl (C=O) groups excluding carboxylic acids is 2. The summed E-state index contributed by atoms with van der Waals surface area (Å²) in [5.74, 6) is -0.948. The first-order valence-corrected chi connectivity index (χ1v) is 10.1. The second kappa shape index (κ2) is 8.12. The molecule has 142 valence electrons. The Bertz CT molecular complexity index is 1000. The van der Waals surface area contributed by atoms with Crippen LogP contribution in [0.2, 0.25) is 5.02 Å². The zero-order valence-electron chi connectivity index (χ0n) is 14.8. The fourth-order valence-corrected chi connectivity index (χ4v) is 3.67. The van der Waals surface area contributed by atoms with Crippen LogP contribution in [0.5, 0.6) is 0 Å². The molecule has 1 heterocycles. The second-order valence-corrected chi connectivity index (χ2v) is 7.82. The van der Waals surface area contributed by atoms with Gasteiger partial charge >= 0.3 is 5.97 Å². The standard InChI is InChI=1S/C21H17ClN2O3S/c22-15-8-4-7-14(11-15)20-24-17(12-28-20)21(26)27-18(13-5-2-1-3-6-13)19(25)23-16-9-10-16/h1-8,11-12,16,18H,9-10H2,(H,23,25)/t18-/m1/s1. The molecule has 0 spiro atoms. The molecule has 1 aliphatic rings. The van der Waals surface area contributed by atoms with Crippen molar-refractivity contribution < 1.29 is 14.3 Å². The third-order valence-electron chi connectivity index (χ3n) is 4.27. The van der Waals surface area contributed by atoms with Crippen LogP contribution >= 0.6 is 22.9 Å². The van der Waals surface area contributed by atoms with Crippen LogP contribution in [-0.4, -0.2) is 22.9 Å². The molecular weight excluding hydrogens is 396 g/mol. The SMILES string of the molecule is O=C(O[C@@H](C(=O)NC1CC1)c1ccccc1)c1csc(-c2cccc(Cl)c2)n1. The van der Waals surface area contributed by atoms with E-state index in [2.05, 4.69) is 10.3 Å². The van der Waals surface area contributed by atoms with Crippen molar-refractivity contribution in [3.8, 4) is 10.6 Å². The highest BCUT2D eigenvalue weighted by Gasteiger charge is 2.31. The molecule has 1 aromatic heterocycles. The molecular formula is C21H17ClN2O3S. The highest BCUT2D eigenvalue weighted by molar-refractivity contribution is 7.13. The summed E-state index contributed by atoms with van der Waals surface area (Å²) in [5.41, 5.74) is 1.61. The van der Waals surface area contributed by atoms with Crippen LogP contribution in [0.3, 0.4) is 0 Å². The van der Waals surface area contributed by atoms with E-state index in [1.54, 1.807) is 41.8 Å². The Balaban J connectivity index is 1.53. The molecule has 1 atom stereocenters. The predicted molar refractivity (Wildman–Crippen MR) is 108 cm³/mol. The van der Waals surface area contributed by atoms with Gasteiger partial charge in [0.05, 0.1) is 0 Å². The highest BCUT2D eigenvalue weighted by Crippen LogP contribution is 2.28. The van der Waals surface area contributed by atoms with E-state index < -0.39 is 12.1 Å². The first kappa shape index (κ1) is 18.7. The van der Waals surface area contributed by atoms with E-state index in [1.807, 2.05) is 18.2 Å². The molecule has 1 fully saturated rings. The zero-order chi connectivity index (χ0) is 19.5. The second-order valence-electron chi connectivity index (χ2n) is 6.53. The molecule has 2 aromatic carbocycles. The first-order chi connectivity index (χ1) is 13.6. The Hall–Kier alpha value is -2.70. The van der Waals surface area contributed by atoms with Crippen LogP contribution in [0.4, 0.5) is 0 Å². The van der Waals surface area contributed by atoms with E-state index in [9.17, 15) is 9.59 Å². The molecule has 1 amide bonds. The van der Waals surface area contributed by atoms with Crippen molar-refractivity contribution in [1.82, 2.24) is 10.3 Å². The van der Waals surface area contributed by atoms with Gasteiger partial charge in [-0.15, -0.1) is 11.3 Å². The molecule has 4 rings (SSSR count). The van der Waals surface area contributed by atoms with Crippen LogP contribution in [0, 0.1) is 0 Å². The van der Waals surface area contributed by atoms with Gasteiger partial charge in [-0.05, 0) is 25.0 Å². The molecule has 0 bridgehead atoms. The van der Waals surface area contributed by atoms with Crippen molar-refractivity contribution >= 4 is 34.8 Å². The van der Waals surface area contributed by atoms with Crippen molar-refractivity contribution in [1.29, 1.82) is 0 Å². The summed E-state index contributed by atoms with van der Waals surface area (Å²) in [4.78, 5) is 29.6. The smallest absolute Gasteiger partial charge is 0.358 e. The Morgan fingerprint density at radius 1 is 1.14 bits per heavy atom. The fourth-order valence-electron chi connectivity index (χ4n) is 2.69. The zero-order valence-corrected chi connectivity index (χ0v) is 16.4. The molecule has 0 radical (unpaired) electrons. The Morgan fingerprint density at radius 2 is 1.93 bits per heavy atom. The number of amides is 1. The van der Waals surface area contributed by atoms with E-state index in [0.29, 0.717) is 15.6 Å². The molecule has 7 heteroatoms. The molecule has 1 N–H and O–H groups in total. The number of nitrogens with one attached hydrogen (secondary N) is 1. The van der Waals surface area contributed by atoms with Gasteiger partial charge in [-0.2, -0.15) is 0 Å². The number of hydrogen-bond acceptors (Lipinski definition) is 5. The van der Waals surface area contributed by atoms with E-state index in [4.69, 9.17) is 16.3 Å². The molecule has 0 aliphatic heterocycles. The molecule has 5 nitrogen and oxygen atoms in total. The average molecular weight is 413 g/mol. The van der Waals surface area contributed by atoms with E-state index >= 15 is 0 Å². The van der Waals surface area contributed by atoms with Crippen LogP contribution in [0.1, 0.15) is 35.0 Å². The number of hydrogen-bond donors (Lipinski definition) is 1. The summed E-state index contributed by atoms with van der Waals surface area (Å²) >= 11 is 7.34. The minimum atomic E-state index is -1.01. The Morgan fingerprint density at radius 3 is 2.64 bits per heavy atom.